The second-order valence-corrected chi connectivity index (χ2v) is 4.21. The van der Waals surface area contributed by atoms with E-state index in [1.807, 2.05) is 30.3 Å². The number of morpholine rings is 1. The maximum atomic E-state index is 5.55. The van der Waals surface area contributed by atoms with Crippen molar-refractivity contribution in [3.63, 3.8) is 0 Å². The van der Waals surface area contributed by atoms with E-state index in [1.54, 1.807) is 0 Å². The van der Waals surface area contributed by atoms with E-state index >= 15 is 0 Å². The molecule has 1 atom stereocenters. The highest BCUT2D eigenvalue weighted by Crippen LogP contribution is 2.17. The van der Waals surface area contributed by atoms with Gasteiger partial charge in [0.05, 0.1) is 6.61 Å². The number of nitrogens with one attached hydrogen (secondary N) is 1. The zero-order chi connectivity index (χ0) is 12.9. The van der Waals surface area contributed by atoms with Crippen molar-refractivity contribution in [2.24, 2.45) is 0 Å². The van der Waals surface area contributed by atoms with E-state index in [4.69, 9.17) is 14.0 Å². The number of halogens is 1. The quantitative estimate of drug-likeness (QED) is 0.927. The third-order valence-corrected chi connectivity index (χ3v) is 2.80. The summed E-state index contributed by atoms with van der Waals surface area (Å²) < 4.78 is 16.3. The van der Waals surface area contributed by atoms with E-state index in [2.05, 4.69) is 15.5 Å². The van der Waals surface area contributed by atoms with Crippen LogP contribution in [0.3, 0.4) is 0 Å². The van der Waals surface area contributed by atoms with Crippen molar-refractivity contribution < 1.29 is 14.0 Å². The van der Waals surface area contributed by atoms with E-state index in [9.17, 15) is 0 Å². The van der Waals surface area contributed by atoms with Gasteiger partial charge in [-0.2, -0.15) is 4.98 Å². The molecule has 1 aromatic carbocycles. The molecule has 1 saturated heterocycles. The first-order valence-electron chi connectivity index (χ1n) is 6.24. The van der Waals surface area contributed by atoms with Gasteiger partial charge in [-0.25, -0.2) is 0 Å². The molecule has 1 fully saturated rings. The molecule has 20 heavy (non-hydrogen) atoms. The Morgan fingerprint density at radius 2 is 2.15 bits per heavy atom. The highest BCUT2D eigenvalue weighted by Gasteiger charge is 2.22. The van der Waals surface area contributed by atoms with Crippen LogP contribution >= 0.6 is 12.4 Å². The molecule has 2 heterocycles. The Kier molecular flexibility index (Phi) is 5.34. The van der Waals surface area contributed by atoms with Crippen LogP contribution in [0.4, 0.5) is 0 Å². The van der Waals surface area contributed by atoms with Gasteiger partial charge in [0.25, 0.3) is 5.89 Å². The van der Waals surface area contributed by atoms with Gasteiger partial charge in [-0.1, -0.05) is 23.4 Å². The lowest BCUT2D eigenvalue weighted by molar-refractivity contribution is 0.00755. The second-order valence-electron chi connectivity index (χ2n) is 4.21. The number of rotatable bonds is 4. The molecule has 1 aromatic heterocycles. The summed E-state index contributed by atoms with van der Waals surface area (Å²) in [6.45, 7) is 2.49. The van der Waals surface area contributed by atoms with Gasteiger partial charge in [-0.15, -0.1) is 12.4 Å². The fourth-order valence-corrected chi connectivity index (χ4v) is 1.85. The summed E-state index contributed by atoms with van der Waals surface area (Å²) in [6.07, 6.45) is -0.160. The van der Waals surface area contributed by atoms with Crippen LogP contribution in [0, 0.1) is 0 Å². The summed E-state index contributed by atoms with van der Waals surface area (Å²) >= 11 is 0. The predicted octanol–water partition coefficient (Wildman–Crippen LogP) is 1.73. The van der Waals surface area contributed by atoms with Crippen LogP contribution in [0.2, 0.25) is 0 Å². The van der Waals surface area contributed by atoms with Crippen LogP contribution < -0.4 is 10.1 Å². The van der Waals surface area contributed by atoms with Crippen molar-refractivity contribution in [1.82, 2.24) is 15.5 Å². The highest BCUT2D eigenvalue weighted by atomic mass is 35.5. The number of hydrogen-bond donors (Lipinski definition) is 1. The second kappa shape index (κ2) is 7.23. The van der Waals surface area contributed by atoms with Crippen molar-refractivity contribution in [1.29, 1.82) is 0 Å². The predicted molar refractivity (Wildman–Crippen MR) is 73.9 cm³/mol. The van der Waals surface area contributed by atoms with Gasteiger partial charge in [0, 0.05) is 13.1 Å². The zero-order valence-corrected chi connectivity index (χ0v) is 11.6. The molecule has 0 amide bonds. The first-order valence-corrected chi connectivity index (χ1v) is 6.24. The van der Waals surface area contributed by atoms with Crippen LogP contribution in [0.1, 0.15) is 17.8 Å². The first kappa shape index (κ1) is 14.8. The average molecular weight is 298 g/mol. The molecule has 7 heteroatoms. The topological polar surface area (TPSA) is 69.4 Å². The fraction of sp³-hybridized carbons (Fsp3) is 0.385. The van der Waals surface area contributed by atoms with Crippen LogP contribution in [0.5, 0.6) is 5.75 Å². The zero-order valence-electron chi connectivity index (χ0n) is 10.8. The van der Waals surface area contributed by atoms with Crippen LogP contribution in [0.15, 0.2) is 34.9 Å². The molecular weight excluding hydrogens is 282 g/mol. The van der Waals surface area contributed by atoms with Gasteiger partial charge in [0.15, 0.2) is 6.61 Å². The Bertz CT molecular complexity index is 515. The maximum absolute atomic E-state index is 5.55. The fourth-order valence-electron chi connectivity index (χ4n) is 1.85. The van der Waals surface area contributed by atoms with Gasteiger partial charge in [0.2, 0.25) is 5.82 Å². The summed E-state index contributed by atoms with van der Waals surface area (Å²) in [5.41, 5.74) is 0. The molecule has 1 N–H and O–H groups in total. The molecular formula is C13H16ClN3O3. The van der Waals surface area contributed by atoms with Gasteiger partial charge in [-0.3, -0.25) is 0 Å². The minimum absolute atomic E-state index is 0. The smallest absolute Gasteiger partial charge is 0.257 e. The SMILES string of the molecule is Cl.c1ccc(OCc2noc([C@@H]3CNCCO3)n2)cc1. The van der Waals surface area contributed by atoms with E-state index in [-0.39, 0.29) is 25.1 Å². The minimum Gasteiger partial charge on any atom is -0.485 e. The molecule has 0 saturated carbocycles. The standard InChI is InChI=1S/C13H15N3O3.ClH/c1-2-4-10(5-3-1)18-9-12-15-13(19-16-12)11-8-14-6-7-17-11;/h1-5,11,14H,6-9H2;1H/t11-;/m0./s1. The molecule has 1 aliphatic rings. The summed E-state index contributed by atoms with van der Waals surface area (Å²) in [4.78, 5) is 4.28. The van der Waals surface area contributed by atoms with Crippen LogP contribution in [-0.4, -0.2) is 29.8 Å². The third kappa shape index (κ3) is 3.69. The molecule has 0 radical (unpaired) electrons. The summed E-state index contributed by atoms with van der Waals surface area (Å²) in [5.74, 6) is 1.80. The number of para-hydroxylation sites is 1. The number of benzene rings is 1. The Morgan fingerprint density at radius 1 is 1.30 bits per heavy atom. The lowest BCUT2D eigenvalue weighted by Gasteiger charge is -2.19. The van der Waals surface area contributed by atoms with Gasteiger partial charge < -0.3 is 19.3 Å². The van der Waals surface area contributed by atoms with E-state index < -0.39 is 0 Å². The van der Waals surface area contributed by atoms with E-state index in [0.29, 0.717) is 24.9 Å². The molecule has 108 valence electrons. The van der Waals surface area contributed by atoms with Crippen molar-refractivity contribution in [2.45, 2.75) is 12.7 Å². The van der Waals surface area contributed by atoms with Gasteiger partial charge in [0.1, 0.15) is 11.9 Å². The Morgan fingerprint density at radius 3 is 2.90 bits per heavy atom. The van der Waals surface area contributed by atoms with E-state index in [1.165, 1.54) is 0 Å². The summed E-state index contributed by atoms with van der Waals surface area (Å²) in [5, 5.41) is 7.10. The van der Waals surface area contributed by atoms with Crippen LogP contribution in [-0.2, 0) is 11.3 Å². The molecule has 0 spiro atoms. The van der Waals surface area contributed by atoms with Gasteiger partial charge >= 0.3 is 0 Å². The van der Waals surface area contributed by atoms with Gasteiger partial charge in [-0.05, 0) is 12.1 Å². The molecule has 1 aliphatic heterocycles. The van der Waals surface area contributed by atoms with Crippen molar-refractivity contribution >= 4 is 12.4 Å². The number of nitrogens with zero attached hydrogens (tertiary/aromatic N) is 2. The van der Waals surface area contributed by atoms with Crippen molar-refractivity contribution in [3.8, 4) is 5.75 Å². The minimum atomic E-state index is -0.160. The summed E-state index contributed by atoms with van der Waals surface area (Å²) in [7, 11) is 0. The Balaban J connectivity index is 0.00000147. The van der Waals surface area contributed by atoms with Crippen molar-refractivity contribution in [3.05, 3.63) is 42.0 Å². The Hall–Kier alpha value is -1.63. The molecule has 0 unspecified atom stereocenters. The molecule has 0 bridgehead atoms. The number of aromatic nitrogens is 2. The van der Waals surface area contributed by atoms with Crippen LogP contribution in [0.25, 0.3) is 0 Å². The maximum Gasteiger partial charge on any atom is 0.257 e. The first-order chi connectivity index (χ1) is 9.42. The average Bonchev–Trinajstić information content (AvgIpc) is 2.96. The number of hydrogen-bond acceptors (Lipinski definition) is 6. The normalized spacial score (nSPS) is 18.3. The lowest BCUT2D eigenvalue weighted by atomic mass is 10.3. The molecule has 2 aromatic rings. The third-order valence-electron chi connectivity index (χ3n) is 2.80. The molecule has 3 rings (SSSR count). The Labute approximate surface area is 122 Å². The van der Waals surface area contributed by atoms with Crippen molar-refractivity contribution in [2.75, 3.05) is 19.7 Å². The highest BCUT2D eigenvalue weighted by molar-refractivity contribution is 5.85. The van der Waals surface area contributed by atoms with E-state index in [0.717, 1.165) is 12.3 Å². The lowest BCUT2D eigenvalue weighted by Crippen LogP contribution is -2.33. The monoisotopic (exact) mass is 297 g/mol. The number of ether oxygens (including phenoxy) is 2. The molecule has 6 nitrogen and oxygen atoms in total. The largest absolute Gasteiger partial charge is 0.485 e. The molecule has 0 aliphatic carbocycles. The summed E-state index contributed by atoms with van der Waals surface area (Å²) in [6, 6.07) is 9.54.